The van der Waals surface area contributed by atoms with Gasteiger partial charge in [0.15, 0.2) is 5.58 Å². The molecule has 0 unspecified atom stereocenters. The van der Waals surface area contributed by atoms with Crippen LogP contribution in [0.15, 0.2) is 56.6 Å². The first-order valence-corrected chi connectivity index (χ1v) is 10.1. The van der Waals surface area contributed by atoms with E-state index in [0.29, 0.717) is 11.3 Å². The van der Waals surface area contributed by atoms with Crippen LogP contribution in [0.2, 0.25) is 0 Å². The number of hydrogen-bond acceptors (Lipinski definition) is 6. The summed E-state index contributed by atoms with van der Waals surface area (Å²) in [4.78, 5) is 13.6. The summed E-state index contributed by atoms with van der Waals surface area (Å²) in [5, 5.41) is 0. The van der Waals surface area contributed by atoms with Gasteiger partial charge in [-0.05, 0) is 32.3 Å². The van der Waals surface area contributed by atoms with E-state index in [2.05, 4.69) is 4.72 Å². The van der Waals surface area contributed by atoms with Gasteiger partial charge >= 0.3 is 5.76 Å². The minimum absolute atomic E-state index is 0.0342. The molecule has 0 saturated carbocycles. The van der Waals surface area contributed by atoms with E-state index in [9.17, 15) is 13.2 Å². The van der Waals surface area contributed by atoms with E-state index in [1.54, 1.807) is 20.2 Å². The molecule has 8 nitrogen and oxygen atoms in total. The number of oxazole rings is 1. The van der Waals surface area contributed by atoms with Crippen LogP contribution in [0.4, 0.5) is 0 Å². The number of nitrogens with zero attached hydrogens (tertiary/aromatic N) is 2. The normalized spacial score (nSPS) is 13.2. The molecular formula is C19H23N3O5S. The largest absolute Gasteiger partial charge is 0.496 e. The van der Waals surface area contributed by atoms with Crippen molar-refractivity contribution in [1.82, 2.24) is 14.2 Å². The number of ether oxygens (including phenoxy) is 1. The monoisotopic (exact) mass is 405 g/mol. The van der Waals surface area contributed by atoms with Crippen molar-refractivity contribution in [3.05, 3.63) is 58.6 Å². The Hall–Kier alpha value is -2.62. The van der Waals surface area contributed by atoms with Gasteiger partial charge in [0.05, 0.1) is 23.6 Å². The third kappa shape index (κ3) is 3.82. The second-order valence-corrected chi connectivity index (χ2v) is 8.40. The van der Waals surface area contributed by atoms with E-state index >= 15 is 0 Å². The maximum Gasteiger partial charge on any atom is 0.419 e. The summed E-state index contributed by atoms with van der Waals surface area (Å²) in [7, 11) is 3.09. The van der Waals surface area contributed by atoms with Gasteiger partial charge in [-0.15, -0.1) is 0 Å². The SMILES string of the molecule is COc1ccccc1[C@H](CNS(=O)(=O)c1ccc2c(c1)oc(=O)n2C)N(C)C. The van der Waals surface area contributed by atoms with Crippen LogP contribution < -0.4 is 15.2 Å². The van der Waals surface area contributed by atoms with E-state index in [1.165, 1.54) is 16.7 Å². The molecule has 3 aromatic rings. The Morgan fingerprint density at radius 2 is 1.93 bits per heavy atom. The molecule has 9 heteroatoms. The maximum absolute atomic E-state index is 12.8. The quantitative estimate of drug-likeness (QED) is 0.643. The van der Waals surface area contributed by atoms with E-state index in [1.807, 2.05) is 43.3 Å². The fourth-order valence-electron chi connectivity index (χ4n) is 3.07. The first kappa shape index (κ1) is 20.1. The van der Waals surface area contributed by atoms with Gasteiger partial charge in [-0.25, -0.2) is 17.9 Å². The van der Waals surface area contributed by atoms with Crippen molar-refractivity contribution in [3.63, 3.8) is 0 Å². The molecular weight excluding hydrogens is 382 g/mol. The number of aromatic nitrogens is 1. The summed E-state index contributed by atoms with van der Waals surface area (Å²) in [6, 6.07) is 11.6. The number of likely N-dealkylation sites (N-methyl/N-ethyl adjacent to an activating group) is 1. The lowest BCUT2D eigenvalue weighted by Crippen LogP contribution is -2.34. The lowest BCUT2D eigenvalue weighted by molar-refractivity contribution is 0.289. The van der Waals surface area contributed by atoms with Crippen LogP contribution in [0.25, 0.3) is 11.1 Å². The molecule has 28 heavy (non-hydrogen) atoms. The number of nitrogens with one attached hydrogen (secondary N) is 1. The maximum atomic E-state index is 12.8. The number of rotatable bonds is 7. The molecule has 0 radical (unpaired) electrons. The van der Waals surface area contributed by atoms with Crippen LogP contribution >= 0.6 is 0 Å². The molecule has 0 aliphatic carbocycles. The fourth-order valence-corrected chi connectivity index (χ4v) is 4.12. The average Bonchev–Trinajstić information content (AvgIpc) is 2.95. The predicted octanol–water partition coefficient (Wildman–Crippen LogP) is 1.72. The van der Waals surface area contributed by atoms with Gasteiger partial charge in [0, 0.05) is 25.2 Å². The number of methoxy groups -OCH3 is 1. The van der Waals surface area contributed by atoms with E-state index in [4.69, 9.17) is 9.15 Å². The number of aryl methyl sites for hydroxylation is 1. The zero-order valence-electron chi connectivity index (χ0n) is 16.2. The van der Waals surface area contributed by atoms with Crippen LogP contribution in [0.5, 0.6) is 5.75 Å². The van der Waals surface area contributed by atoms with Gasteiger partial charge in [-0.3, -0.25) is 4.57 Å². The second-order valence-electron chi connectivity index (χ2n) is 6.63. The third-order valence-corrected chi connectivity index (χ3v) is 6.08. The van der Waals surface area contributed by atoms with Gasteiger partial charge in [-0.1, -0.05) is 18.2 Å². The minimum Gasteiger partial charge on any atom is -0.496 e. The first-order chi connectivity index (χ1) is 13.2. The number of hydrogen-bond donors (Lipinski definition) is 1. The Bertz CT molecular complexity index is 1150. The first-order valence-electron chi connectivity index (χ1n) is 8.63. The van der Waals surface area contributed by atoms with Crippen molar-refractivity contribution in [3.8, 4) is 5.75 Å². The minimum atomic E-state index is -3.80. The summed E-state index contributed by atoms with van der Waals surface area (Å²) in [5.41, 5.74) is 1.63. The topological polar surface area (TPSA) is 93.8 Å². The Morgan fingerprint density at radius 1 is 1.21 bits per heavy atom. The lowest BCUT2D eigenvalue weighted by Gasteiger charge is -2.26. The van der Waals surface area contributed by atoms with Gasteiger partial charge in [0.25, 0.3) is 0 Å². The molecule has 0 bridgehead atoms. The van der Waals surface area contributed by atoms with Crippen LogP contribution in [-0.4, -0.2) is 45.6 Å². The summed E-state index contributed by atoms with van der Waals surface area (Å²) >= 11 is 0. The van der Waals surface area contributed by atoms with E-state index < -0.39 is 15.8 Å². The standard InChI is InChI=1S/C19H23N3O5S/c1-21(2)16(14-7-5-6-8-17(14)26-4)12-20-28(24,25)13-9-10-15-18(11-13)27-19(23)22(15)3/h5-11,16,20H,12H2,1-4H3/t16-/m0/s1. The zero-order chi connectivity index (χ0) is 20.5. The molecule has 1 heterocycles. The van der Waals surface area contributed by atoms with Crippen molar-refractivity contribution in [2.45, 2.75) is 10.9 Å². The van der Waals surface area contributed by atoms with Crippen LogP contribution in [0.1, 0.15) is 11.6 Å². The molecule has 0 saturated heterocycles. The molecule has 150 valence electrons. The number of para-hydroxylation sites is 1. The number of fused-ring (bicyclic) bond motifs is 1. The summed E-state index contributed by atoms with van der Waals surface area (Å²) in [6.45, 7) is 0.145. The molecule has 1 atom stereocenters. The molecule has 0 aliphatic heterocycles. The summed E-state index contributed by atoms with van der Waals surface area (Å²) < 4.78 is 40.0. The van der Waals surface area contributed by atoms with Crippen LogP contribution in [0, 0.1) is 0 Å². The summed E-state index contributed by atoms with van der Waals surface area (Å²) in [6.07, 6.45) is 0. The molecule has 1 N–H and O–H groups in total. The highest BCUT2D eigenvalue weighted by Gasteiger charge is 2.23. The Balaban J connectivity index is 1.88. The lowest BCUT2D eigenvalue weighted by atomic mass is 10.1. The number of sulfonamides is 1. The van der Waals surface area contributed by atoms with E-state index in [-0.39, 0.29) is 23.1 Å². The third-order valence-electron chi connectivity index (χ3n) is 4.66. The van der Waals surface area contributed by atoms with Gasteiger partial charge in [0.1, 0.15) is 5.75 Å². The summed E-state index contributed by atoms with van der Waals surface area (Å²) in [5.74, 6) is 0.147. The molecule has 2 aromatic carbocycles. The Morgan fingerprint density at radius 3 is 2.61 bits per heavy atom. The van der Waals surface area contributed by atoms with Gasteiger partial charge < -0.3 is 14.1 Å². The molecule has 3 rings (SSSR count). The molecule has 0 spiro atoms. The van der Waals surface area contributed by atoms with Crippen molar-refractivity contribution in [1.29, 1.82) is 0 Å². The van der Waals surface area contributed by atoms with Gasteiger partial charge in [-0.2, -0.15) is 0 Å². The Kier molecular flexibility index (Phi) is 5.59. The zero-order valence-corrected chi connectivity index (χ0v) is 17.0. The molecule has 0 amide bonds. The van der Waals surface area contributed by atoms with Gasteiger partial charge in [0.2, 0.25) is 10.0 Å². The highest BCUT2D eigenvalue weighted by atomic mass is 32.2. The van der Waals surface area contributed by atoms with Crippen molar-refractivity contribution in [2.75, 3.05) is 27.7 Å². The van der Waals surface area contributed by atoms with E-state index in [0.717, 1.165) is 5.56 Å². The molecule has 0 aliphatic rings. The van der Waals surface area contributed by atoms with Crippen LogP contribution in [-0.2, 0) is 17.1 Å². The Labute approximate surface area is 163 Å². The second kappa shape index (κ2) is 7.78. The number of benzene rings is 2. The van der Waals surface area contributed by atoms with Crippen molar-refractivity contribution >= 4 is 21.1 Å². The average molecular weight is 405 g/mol. The van der Waals surface area contributed by atoms with Crippen LogP contribution in [0.3, 0.4) is 0 Å². The van der Waals surface area contributed by atoms with Crippen molar-refractivity contribution in [2.24, 2.45) is 7.05 Å². The smallest absolute Gasteiger partial charge is 0.419 e. The van der Waals surface area contributed by atoms with Crippen molar-refractivity contribution < 1.29 is 17.6 Å². The molecule has 0 fully saturated rings. The highest BCUT2D eigenvalue weighted by Crippen LogP contribution is 2.28. The predicted molar refractivity (Wildman–Crippen MR) is 106 cm³/mol. The fraction of sp³-hybridized carbons (Fsp3) is 0.316. The molecule has 1 aromatic heterocycles. The highest BCUT2D eigenvalue weighted by molar-refractivity contribution is 7.89.